The van der Waals surface area contributed by atoms with Crippen molar-refractivity contribution in [2.45, 2.75) is 59.0 Å². The molecule has 0 radical (unpaired) electrons. The highest BCUT2D eigenvalue weighted by molar-refractivity contribution is 7.11. The lowest BCUT2D eigenvalue weighted by Gasteiger charge is -2.23. The lowest BCUT2D eigenvalue weighted by atomic mass is 9.98. The van der Waals surface area contributed by atoms with Crippen LogP contribution < -0.4 is 5.32 Å². The van der Waals surface area contributed by atoms with E-state index in [0.29, 0.717) is 6.04 Å². The molecule has 1 aromatic heterocycles. The zero-order valence-corrected chi connectivity index (χ0v) is 14.1. The van der Waals surface area contributed by atoms with Gasteiger partial charge in [-0.3, -0.25) is 0 Å². The van der Waals surface area contributed by atoms with Gasteiger partial charge in [-0.1, -0.05) is 27.7 Å². The van der Waals surface area contributed by atoms with Crippen molar-refractivity contribution in [1.29, 1.82) is 0 Å². The Kier molecular flexibility index (Phi) is 6.43. The summed E-state index contributed by atoms with van der Waals surface area (Å²) in [6.45, 7) is 14.2. The molecule has 0 aliphatic carbocycles. The molecule has 0 aliphatic rings. The third-order valence-corrected chi connectivity index (χ3v) is 4.90. The number of likely N-dealkylation sites (N-methyl/N-ethyl adjacent to an activating group) is 1. The molecular weight excluding hydrogens is 254 g/mol. The Balaban J connectivity index is 2.28. The molecule has 1 unspecified atom stereocenters. The Labute approximate surface area is 122 Å². The minimum absolute atomic E-state index is 0.166. The van der Waals surface area contributed by atoms with Crippen molar-refractivity contribution in [2.75, 3.05) is 20.1 Å². The van der Waals surface area contributed by atoms with Crippen LogP contribution in [-0.4, -0.2) is 36.1 Å². The fourth-order valence-corrected chi connectivity index (χ4v) is 2.67. The maximum atomic E-state index is 4.51. The van der Waals surface area contributed by atoms with Crippen molar-refractivity contribution in [2.24, 2.45) is 0 Å². The van der Waals surface area contributed by atoms with E-state index in [-0.39, 0.29) is 5.41 Å². The van der Waals surface area contributed by atoms with Crippen molar-refractivity contribution in [3.63, 3.8) is 0 Å². The van der Waals surface area contributed by atoms with Crippen molar-refractivity contribution >= 4 is 11.3 Å². The fraction of sp³-hybridized carbons (Fsp3) is 0.800. The van der Waals surface area contributed by atoms with Gasteiger partial charge < -0.3 is 10.2 Å². The Bertz CT molecular complexity index is 368. The number of hydrogen-bond donors (Lipinski definition) is 1. The van der Waals surface area contributed by atoms with Crippen LogP contribution >= 0.6 is 11.3 Å². The van der Waals surface area contributed by atoms with Gasteiger partial charge in [0.05, 0.1) is 5.01 Å². The second kappa shape index (κ2) is 7.36. The van der Waals surface area contributed by atoms with E-state index in [9.17, 15) is 0 Å². The van der Waals surface area contributed by atoms with Crippen LogP contribution in [0.15, 0.2) is 6.20 Å². The second-order valence-corrected chi connectivity index (χ2v) is 7.41. The van der Waals surface area contributed by atoms with Gasteiger partial charge in [-0.05, 0) is 20.4 Å². The first-order valence-electron chi connectivity index (χ1n) is 7.20. The molecule has 19 heavy (non-hydrogen) atoms. The van der Waals surface area contributed by atoms with E-state index in [1.54, 1.807) is 0 Å². The molecule has 1 atom stereocenters. The Hall–Kier alpha value is -0.450. The van der Waals surface area contributed by atoms with Gasteiger partial charge in [0, 0.05) is 42.2 Å². The lowest BCUT2D eigenvalue weighted by Crippen LogP contribution is -2.34. The van der Waals surface area contributed by atoms with E-state index in [4.69, 9.17) is 0 Å². The van der Waals surface area contributed by atoms with Crippen molar-refractivity contribution in [1.82, 2.24) is 15.2 Å². The summed E-state index contributed by atoms with van der Waals surface area (Å²) in [5, 5.41) is 4.73. The lowest BCUT2D eigenvalue weighted by molar-refractivity contribution is 0.252. The van der Waals surface area contributed by atoms with Crippen LogP contribution in [0.2, 0.25) is 0 Å². The molecule has 110 valence electrons. The van der Waals surface area contributed by atoms with E-state index in [2.05, 4.69) is 56.9 Å². The number of nitrogens with zero attached hydrogens (tertiary/aromatic N) is 2. The molecule has 1 N–H and O–H groups in total. The third kappa shape index (κ3) is 5.59. The number of thiazole rings is 1. The van der Waals surface area contributed by atoms with Gasteiger partial charge in [-0.25, -0.2) is 4.98 Å². The van der Waals surface area contributed by atoms with Crippen LogP contribution in [-0.2, 0) is 12.0 Å². The molecule has 1 aromatic rings. The number of aromatic nitrogens is 1. The predicted molar refractivity (Wildman–Crippen MR) is 84.9 cm³/mol. The normalized spacial score (nSPS) is 14.1. The average Bonchev–Trinajstić information content (AvgIpc) is 2.81. The van der Waals surface area contributed by atoms with E-state index in [0.717, 1.165) is 19.6 Å². The van der Waals surface area contributed by atoms with Crippen molar-refractivity contribution in [3.05, 3.63) is 16.1 Å². The summed E-state index contributed by atoms with van der Waals surface area (Å²) in [6, 6.07) is 0.665. The number of rotatable bonds is 7. The Morgan fingerprint density at radius 2 is 2.11 bits per heavy atom. The van der Waals surface area contributed by atoms with Gasteiger partial charge in [-0.2, -0.15) is 0 Å². The largest absolute Gasteiger partial charge is 0.311 e. The van der Waals surface area contributed by atoms with Crippen LogP contribution in [0.3, 0.4) is 0 Å². The monoisotopic (exact) mass is 283 g/mol. The SMILES string of the molecule is CCC(C)N(C)CCNCc1cnc(C(C)(C)C)s1. The summed E-state index contributed by atoms with van der Waals surface area (Å²) in [6.07, 6.45) is 3.22. The summed E-state index contributed by atoms with van der Waals surface area (Å²) in [4.78, 5) is 8.24. The Morgan fingerprint density at radius 3 is 2.63 bits per heavy atom. The first-order chi connectivity index (χ1) is 8.84. The average molecular weight is 283 g/mol. The molecule has 0 bridgehead atoms. The smallest absolute Gasteiger partial charge is 0.0981 e. The fourth-order valence-electron chi connectivity index (χ4n) is 1.74. The first-order valence-corrected chi connectivity index (χ1v) is 8.02. The van der Waals surface area contributed by atoms with Crippen LogP contribution in [0.4, 0.5) is 0 Å². The molecule has 0 amide bonds. The van der Waals surface area contributed by atoms with Crippen LogP contribution in [0.1, 0.15) is 50.9 Å². The molecule has 4 heteroatoms. The van der Waals surface area contributed by atoms with Gasteiger partial charge >= 0.3 is 0 Å². The van der Waals surface area contributed by atoms with Crippen molar-refractivity contribution in [3.8, 4) is 0 Å². The van der Waals surface area contributed by atoms with E-state index < -0.39 is 0 Å². The molecule has 0 saturated heterocycles. The Morgan fingerprint density at radius 1 is 1.42 bits per heavy atom. The molecule has 1 heterocycles. The van der Waals surface area contributed by atoms with Gasteiger partial charge in [-0.15, -0.1) is 11.3 Å². The van der Waals surface area contributed by atoms with Gasteiger partial charge in [0.2, 0.25) is 0 Å². The highest BCUT2D eigenvalue weighted by atomic mass is 32.1. The summed E-state index contributed by atoms with van der Waals surface area (Å²) < 4.78 is 0. The first kappa shape index (κ1) is 16.6. The maximum Gasteiger partial charge on any atom is 0.0981 e. The topological polar surface area (TPSA) is 28.2 Å². The van der Waals surface area contributed by atoms with E-state index >= 15 is 0 Å². The van der Waals surface area contributed by atoms with Crippen LogP contribution in [0.25, 0.3) is 0 Å². The summed E-state index contributed by atoms with van der Waals surface area (Å²) in [7, 11) is 2.19. The van der Waals surface area contributed by atoms with Crippen LogP contribution in [0.5, 0.6) is 0 Å². The zero-order chi connectivity index (χ0) is 14.5. The minimum Gasteiger partial charge on any atom is -0.311 e. The highest BCUT2D eigenvalue weighted by Gasteiger charge is 2.17. The third-order valence-electron chi connectivity index (χ3n) is 3.48. The molecule has 0 fully saturated rings. The van der Waals surface area contributed by atoms with E-state index in [1.807, 2.05) is 17.5 Å². The van der Waals surface area contributed by atoms with Crippen LogP contribution in [0, 0.1) is 0 Å². The minimum atomic E-state index is 0.166. The zero-order valence-electron chi connectivity index (χ0n) is 13.3. The van der Waals surface area contributed by atoms with Gasteiger partial charge in [0.25, 0.3) is 0 Å². The standard InChI is InChI=1S/C15H29N3S/c1-7-12(2)18(6)9-8-16-10-13-11-17-14(19-13)15(3,4)5/h11-12,16H,7-10H2,1-6H3. The summed E-state index contributed by atoms with van der Waals surface area (Å²) in [5.41, 5.74) is 0.166. The number of hydrogen-bond acceptors (Lipinski definition) is 4. The molecule has 1 rings (SSSR count). The number of nitrogens with one attached hydrogen (secondary N) is 1. The quantitative estimate of drug-likeness (QED) is 0.779. The van der Waals surface area contributed by atoms with Crippen molar-refractivity contribution < 1.29 is 0 Å². The van der Waals surface area contributed by atoms with E-state index in [1.165, 1.54) is 16.3 Å². The molecule has 3 nitrogen and oxygen atoms in total. The molecular formula is C15H29N3S. The summed E-state index contributed by atoms with van der Waals surface area (Å²) >= 11 is 1.82. The predicted octanol–water partition coefficient (Wildman–Crippen LogP) is 3.26. The molecule has 0 spiro atoms. The van der Waals surface area contributed by atoms with Gasteiger partial charge in [0.1, 0.15) is 0 Å². The molecule has 0 aromatic carbocycles. The second-order valence-electron chi connectivity index (χ2n) is 6.30. The highest BCUT2D eigenvalue weighted by Crippen LogP contribution is 2.26. The summed E-state index contributed by atoms with van der Waals surface area (Å²) in [5.74, 6) is 0. The molecule has 0 aliphatic heterocycles. The maximum absolute atomic E-state index is 4.51. The van der Waals surface area contributed by atoms with Gasteiger partial charge in [0.15, 0.2) is 0 Å². The molecule has 0 saturated carbocycles.